The molecule has 0 saturated carbocycles. The van der Waals surface area contributed by atoms with E-state index in [2.05, 4.69) is 17.0 Å². The van der Waals surface area contributed by atoms with Gasteiger partial charge in [0.15, 0.2) is 0 Å². The van der Waals surface area contributed by atoms with Gasteiger partial charge < -0.3 is 14.4 Å². The van der Waals surface area contributed by atoms with Gasteiger partial charge in [0.05, 0.1) is 14.2 Å². The Morgan fingerprint density at radius 2 is 1.63 bits per heavy atom. The number of aryl methyl sites for hydroxylation is 1. The van der Waals surface area contributed by atoms with E-state index in [-0.39, 0.29) is 5.91 Å². The third-order valence-electron chi connectivity index (χ3n) is 5.07. The molecule has 0 aliphatic carbocycles. The molecule has 0 aromatic heterocycles. The second kappa shape index (κ2) is 9.42. The highest BCUT2D eigenvalue weighted by Gasteiger charge is 2.21. The lowest BCUT2D eigenvalue weighted by Gasteiger charge is -2.34. The van der Waals surface area contributed by atoms with Crippen LogP contribution < -0.4 is 9.47 Å². The van der Waals surface area contributed by atoms with Crippen molar-refractivity contribution in [3.8, 4) is 11.5 Å². The van der Waals surface area contributed by atoms with Crippen LogP contribution in [-0.4, -0.2) is 62.7 Å². The molecule has 3 rings (SSSR count). The van der Waals surface area contributed by atoms with E-state index in [0.29, 0.717) is 0 Å². The first kappa shape index (κ1) is 19.2. The molecule has 0 spiro atoms. The molecule has 1 aliphatic heterocycles. The molecule has 0 N–H and O–H groups in total. The van der Waals surface area contributed by atoms with Crippen molar-refractivity contribution < 1.29 is 14.3 Å². The molecule has 0 radical (unpaired) electrons. The standard InChI is InChI=1S/C22H28N2O3/c1-26-20-10-8-19(9-11-20)22(25)24-15-13-23(14-16-24)12-4-6-18-5-3-7-21(17-18)27-2/h3,5,7-11,17H,4,6,12-16H2,1-2H3. The number of rotatable bonds is 7. The van der Waals surface area contributed by atoms with Crippen LogP contribution in [0.2, 0.25) is 0 Å². The van der Waals surface area contributed by atoms with Crippen molar-refractivity contribution in [2.45, 2.75) is 12.8 Å². The molecule has 1 fully saturated rings. The smallest absolute Gasteiger partial charge is 0.253 e. The number of ether oxygens (including phenoxy) is 2. The van der Waals surface area contributed by atoms with E-state index < -0.39 is 0 Å². The molecule has 0 atom stereocenters. The van der Waals surface area contributed by atoms with E-state index in [0.717, 1.165) is 62.6 Å². The van der Waals surface area contributed by atoms with Gasteiger partial charge in [-0.05, 0) is 61.3 Å². The molecule has 0 unspecified atom stereocenters. The Balaban J connectivity index is 1.42. The van der Waals surface area contributed by atoms with Crippen molar-refractivity contribution in [3.63, 3.8) is 0 Å². The SMILES string of the molecule is COc1ccc(C(=O)N2CCN(CCCc3cccc(OC)c3)CC2)cc1. The van der Waals surface area contributed by atoms with Gasteiger partial charge in [0.1, 0.15) is 11.5 Å². The first-order chi connectivity index (χ1) is 13.2. The minimum atomic E-state index is 0.105. The summed E-state index contributed by atoms with van der Waals surface area (Å²) in [6.45, 7) is 4.48. The molecule has 1 aliphatic rings. The summed E-state index contributed by atoms with van der Waals surface area (Å²) in [5.74, 6) is 1.79. The van der Waals surface area contributed by atoms with E-state index in [1.165, 1.54) is 5.56 Å². The van der Waals surface area contributed by atoms with Gasteiger partial charge in [0.2, 0.25) is 0 Å². The maximum atomic E-state index is 12.6. The van der Waals surface area contributed by atoms with E-state index in [1.54, 1.807) is 14.2 Å². The van der Waals surface area contributed by atoms with Gasteiger partial charge in [-0.25, -0.2) is 0 Å². The number of benzene rings is 2. The summed E-state index contributed by atoms with van der Waals surface area (Å²) < 4.78 is 10.4. The highest BCUT2D eigenvalue weighted by Crippen LogP contribution is 2.16. The van der Waals surface area contributed by atoms with Crippen LogP contribution in [-0.2, 0) is 6.42 Å². The second-order valence-electron chi connectivity index (χ2n) is 6.82. The lowest BCUT2D eigenvalue weighted by molar-refractivity contribution is 0.0636. The first-order valence-electron chi connectivity index (χ1n) is 9.48. The third-order valence-corrected chi connectivity index (χ3v) is 5.07. The van der Waals surface area contributed by atoms with Crippen LogP contribution in [0.15, 0.2) is 48.5 Å². The topological polar surface area (TPSA) is 42.0 Å². The zero-order chi connectivity index (χ0) is 19.1. The zero-order valence-electron chi connectivity index (χ0n) is 16.2. The summed E-state index contributed by atoms with van der Waals surface area (Å²) in [6, 6.07) is 15.6. The Morgan fingerprint density at radius 3 is 2.30 bits per heavy atom. The minimum Gasteiger partial charge on any atom is -0.497 e. The fourth-order valence-corrected chi connectivity index (χ4v) is 3.43. The Kier molecular flexibility index (Phi) is 6.71. The lowest BCUT2D eigenvalue weighted by Crippen LogP contribution is -2.48. The number of methoxy groups -OCH3 is 2. The molecule has 1 heterocycles. The number of hydrogen-bond donors (Lipinski definition) is 0. The Bertz CT molecular complexity index is 737. The van der Waals surface area contributed by atoms with Crippen LogP contribution in [0.25, 0.3) is 0 Å². The summed E-state index contributed by atoms with van der Waals surface area (Å²) >= 11 is 0. The molecule has 27 heavy (non-hydrogen) atoms. The molecule has 2 aromatic carbocycles. The molecular weight excluding hydrogens is 340 g/mol. The number of amides is 1. The molecule has 1 amide bonds. The van der Waals surface area contributed by atoms with Crippen LogP contribution >= 0.6 is 0 Å². The Morgan fingerprint density at radius 1 is 0.926 bits per heavy atom. The second-order valence-corrected chi connectivity index (χ2v) is 6.82. The molecule has 5 heteroatoms. The minimum absolute atomic E-state index is 0.105. The van der Waals surface area contributed by atoms with E-state index in [1.807, 2.05) is 41.3 Å². The third kappa shape index (κ3) is 5.23. The van der Waals surface area contributed by atoms with Crippen molar-refractivity contribution >= 4 is 5.91 Å². The highest BCUT2D eigenvalue weighted by molar-refractivity contribution is 5.94. The Hall–Kier alpha value is -2.53. The van der Waals surface area contributed by atoms with Gasteiger partial charge in [0.25, 0.3) is 5.91 Å². The predicted octanol–water partition coefficient (Wildman–Crippen LogP) is 3.09. The van der Waals surface area contributed by atoms with Crippen LogP contribution in [0.1, 0.15) is 22.3 Å². The number of carbonyl (C=O) groups excluding carboxylic acids is 1. The summed E-state index contributed by atoms with van der Waals surface area (Å²) in [6.07, 6.45) is 2.15. The van der Waals surface area contributed by atoms with E-state index >= 15 is 0 Å². The number of carbonyl (C=O) groups is 1. The predicted molar refractivity (Wildman–Crippen MR) is 107 cm³/mol. The van der Waals surface area contributed by atoms with Crippen molar-refractivity contribution in [2.24, 2.45) is 0 Å². The van der Waals surface area contributed by atoms with Crippen molar-refractivity contribution in [1.29, 1.82) is 0 Å². The summed E-state index contributed by atoms with van der Waals surface area (Å²) in [4.78, 5) is 17.0. The average Bonchev–Trinajstić information content (AvgIpc) is 2.74. The first-order valence-corrected chi connectivity index (χ1v) is 9.48. The number of nitrogens with zero attached hydrogens (tertiary/aromatic N) is 2. The average molecular weight is 368 g/mol. The molecule has 5 nitrogen and oxygen atoms in total. The van der Waals surface area contributed by atoms with Gasteiger partial charge in [0, 0.05) is 31.7 Å². The quantitative estimate of drug-likeness (QED) is 0.753. The molecule has 2 aromatic rings. The van der Waals surface area contributed by atoms with E-state index in [4.69, 9.17) is 9.47 Å². The van der Waals surface area contributed by atoms with Crippen LogP contribution in [0.3, 0.4) is 0 Å². The summed E-state index contributed by atoms with van der Waals surface area (Å²) in [7, 11) is 3.33. The van der Waals surface area contributed by atoms with Gasteiger partial charge in [-0.2, -0.15) is 0 Å². The highest BCUT2D eigenvalue weighted by atomic mass is 16.5. The number of hydrogen-bond acceptors (Lipinski definition) is 4. The Labute approximate surface area is 161 Å². The van der Waals surface area contributed by atoms with Crippen LogP contribution in [0.4, 0.5) is 0 Å². The maximum Gasteiger partial charge on any atom is 0.253 e. The molecule has 1 saturated heterocycles. The maximum absolute atomic E-state index is 12.6. The van der Waals surface area contributed by atoms with Crippen LogP contribution in [0.5, 0.6) is 11.5 Å². The summed E-state index contributed by atoms with van der Waals surface area (Å²) in [5.41, 5.74) is 2.03. The largest absolute Gasteiger partial charge is 0.497 e. The lowest BCUT2D eigenvalue weighted by atomic mass is 10.1. The van der Waals surface area contributed by atoms with Crippen LogP contribution in [0, 0.1) is 0 Å². The fraction of sp³-hybridized carbons (Fsp3) is 0.409. The van der Waals surface area contributed by atoms with Crippen molar-refractivity contribution in [2.75, 3.05) is 46.9 Å². The van der Waals surface area contributed by atoms with Gasteiger partial charge >= 0.3 is 0 Å². The summed E-state index contributed by atoms with van der Waals surface area (Å²) in [5, 5.41) is 0. The van der Waals surface area contributed by atoms with Gasteiger partial charge in [-0.3, -0.25) is 9.69 Å². The normalized spacial score (nSPS) is 14.8. The number of piperazine rings is 1. The van der Waals surface area contributed by atoms with Crippen molar-refractivity contribution in [3.05, 3.63) is 59.7 Å². The van der Waals surface area contributed by atoms with Gasteiger partial charge in [-0.1, -0.05) is 12.1 Å². The molecular formula is C22H28N2O3. The van der Waals surface area contributed by atoms with Crippen molar-refractivity contribution in [1.82, 2.24) is 9.80 Å². The fourth-order valence-electron chi connectivity index (χ4n) is 3.43. The molecule has 0 bridgehead atoms. The van der Waals surface area contributed by atoms with E-state index in [9.17, 15) is 4.79 Å². The molecule has 144 valence electrons. The van der Waals surface area contributed by atoms with Gasteiger partial charge in [-0.15, -0.1) is 0 Å². The zero-order valence-corrected chi connectivity index (χ0v) is 16.2. The monoisotopic (exact) mass is 368 g/mol.